The first-order valence-electron chi connectivity index (χ1n) is 6.98. The minimum atomic E-state index is 0.176. The van der Waals surface area contributed by atoms with Crippen LogP contribution in [0.5, 0.6) is 0 Å². The van der Waals surface area contributed by atoms with E-state index in [1.807, 2.05) is 11.3 Å². The lowest BCUT2D eigenvalue weighted by atomic mass is 9.98. The molecule has 0 saturated heterocycles. The summed E-state index contributed by atoms with van der Waals surface area (Å²) in [5.74, 6) is 0. The molecule has 0 aliphatic heterocycles. The van der Waals surface area contributed by atoms with Gasteiger partial charge in [-0.25, -0.2) is 0 Å². The van der Waals surface area contributed by atoms with Crippen molar-refractivity contribution in [2.45, 2.75) is 25.8 Å². The van der Waals surface area contributed by atoms with Crippen molar-refractivity contribution in [3.05, 3.63) is 70.6 Å². The molecule has 0 bridgehead atoms. The summed E-state index contributed by atoms with van der Waals surface area (Å²) in [6, 6.07) is 17.4. The summed E-state index contributed by atoms with van der Waals surface area (Å²) in [5, 5.41) is 3.61. The molecule has 0 fully saturated rings. The van der Waals surface area contributed by atoms with Crippen LogP contribution in [0.3, 0.4) is 0 Å². The molecule has 102 valence electrons. The molecule has 2 heteroatoms. The van der Waals surface area contributed by atoms with Gasteiger partial charge in [0.25, 0.3) is 0 Å². The van der Waals surface area contributed by atoms with Gasteiger partial charge < -0.3 is 5.73 Å². The number of thiophene rings is 1. The van der Waals surface area contributed by atoms with Crippen LogP contribution >= 0.6 is 11.3 Å². The Morgan fingerprint density at radius 3 is 2.75 bits per heavy atom. The normalized spacial score (nSPS) is 12.7. The van der Waals surface area contributed by atoms with Crippen LogP contribution in [0.15, 0.2) is 53.9 Å². The molecular formula is C18H19NS. The van der Waals surface area contributed by atoms with E-state index in [-0.39, 0.29) is 6.04 Å². The SMILES string of the molecule is Cc1cccc(CC(N)Cc2csc3ccccc23)c1. The Balaban J connectivity index is 1.74. The summed E-state index contributed by atoms with van der Waals surface area (Å²) >= 11 is 1.81. The number of fused-ring (bicyclic) bond motifs is 1. The molecule has 0 spiro atoms. The first-order valence-corrected chi connectivity index (χ1v) is 7.86. The fourth-order valence-corrected chi connectivity index (χ4v) is 3.66. The van der Waals surface area contributed by atoms with Crippen molar-refractivity contribution in [2.24, 2.45) is 5.73 Å². The largest absolute Gasteiger partial charge is 0.327 e. The third kappa shape index (κ3) is 2.92. The number of rotatable bonds is 4. The highest BCUT2D eigenvalue weighted by molar-refractivity contribution is 7.17. The van der Waals surface area contributed by atoms with Crippen molar-refractivity contribution in [1.82, 2.24) is 0 Å². The maximum Gasteiger partial charge on any atom is 0.0345 e. The van der Waals surface area contributed by atoms with Crippen LogP contribution in [0.4, 0.5) is 0 Å². The average molecular weight is 281 g/mol. The quantitative estimate of drug-likeness (QED) is 0.757. The van der Waals surface area contributed by atoms with Crippen LogP contribution in [-0.4, -0.2) is 6.04 Å². The highest BCUT2D eigenvalue weighted by atomic mass is 32.1. The van der Waals surface area contributed by atoms with E-state index in [9.17, 15) is 0 Å². The Morgan fingerprint density at radius 2 is 1.90 bits per heavy atom. The predicted octanol–water partition coefficient (Wildman–Crippen LogP) is 4.32. The molecular weight excluding hydrogens is 262 g/mol. The van der Waals surface area contributed by atoms with Crippen molar-refractivity contribution >= 4 is 21.4 Å². The fraction of sp³-hybridized carbons (Fsp3) is 0.222. The summed E-state index contributed by atoms with van der Waals surface area (Å²) in [7, 11) is 0. The minimum Gasteiger partial charge on any atom is -0.327 e. The second-order valence-corrected chi connectivity index (χ2v) is 6.33. The van der Waals surface area contributed by atoms with Gasteiger partial charge in [-0.05, 0) is 47.7 Å². The number of nitrogens with two attached hydrogens (primary N) is 1. The van der Waals surface area contributed by atoms with Gasteiger partial charge >= 0.3 is 0 Å². The lowest BCUT2D eigenvalue weighted by Gasteiger charge is -2.11. The molecule has 1 atom stereocenters. The van der Waals surface area contributed by atoms with E-state index in [2.05, 4.69) is 60.8 Å². The molecule has 20 heavy (non-hydrogen) atoms. The number of benzene rings is 2. The zero-order chi connectivity index (χ0) is 13.9. The van der Waals surface area contributed by atoms with Gasteiger partial charge in [-0.3, -0.25) is 0 Å². The zero-order valence-electron chi connectivity index (χ0n) is 11.7. The molecule has 0 aliphatic carbocycles. The smallest absolute Gasteiger partial charge is 0.0345 e. The number of hydrogen-bond acceptors (Lipinski definition) is 2. The third-order valence-electron chi connectivity index (χ3n) is 3.62. The highest BCUT2D eigenvalue weighted by Gasteiger charge is 2.09. The van der Waals surface area contributed by atoms with Gasteiger partial charge in [-0.2, -0.15) is 0 Å². The Bertz CT molecular complexity index is 714. The van der Waals surface area contributed by atoms with Gasteiger partial charge in [0.15, 0.2) is 0 Å². The van der Waals surface area contributed by atoms with E-state index >= 15 is 0 Å². The molecule has 0 radical (unpaired) electrons. The summed E-state index contributed by atoms with van der Waals surface area (Å²) in [6.45, 7) is 2.13. The van der Waals surface area contributed by atoms with E-state index in [4.69, 9.17) is 5.73 Å². The number of hydrogen-bond donors (Lipinski definition) is 1. The topological polar surface area (TPSA) is 26.0 Å². The molecule has 1 heterocycles. The van der Waals surface area contributed by atoms with E-state index in [1.165, 1.54) is 26.8 Å². The molecule has 1 unspecified atom stereocenters. The Hall–Kier alpha value is -1.64. The summed E-state index contributed by atoms with van der Waals surface area (Å²) in [4.78, 5) is 0. The van der Waals surface area contributed by atoms with Crippen molar-refractivity contribution in [3.63, 3.8) is 0 Å². The van der Waals surface area contributed by atoms with Gasteiger partial charge in [-0.1, -0.05) is 48.0 Å². The maximum atomic E-state index is 6.34. The van der Waals surface area contributed by atoms with Crippen LogP contribution in [0.1, 0.15) is 16.7 Å². The van der Waals surface area contributed by atoms with Gasteiger partial charge in [0.2, 0.25) is 0 Å². The molecule has 3 aromatic rings. The van der Waals surface area contributed by atoms with Gasteiger partial charge in [0.05, 0.1) is 0 Å². The highest BCUT2D eigenvalue weighted by Crippen LogP contribution is 2.26. The molecule has 0 amide bonds. The summed E-state index contributed by atoms with van der Waals surface area (Å²) in [5.41, 5.74) is 10.4. The first kappa shape index (κ1) is 13.3. The summed E-state index contributed by atoms with van der Waals surface area (Å²) in [6.07, 6.45) is 1.88. The van der Waals surface area contributed by atoms with Crippen molar-refractivity contribution in [3.8, 4) is 0 Å². The fourth-order valence-electron chi connectivity index (χ4n) is 2.69. The van der Waals surface area contributed by atoms with Crippen LogP contribution in [0.2, 0.25) is 0 Å². The van der Waals surface area contributed by atoms with Crippen molar-refractivity contribution < 1.29 is 0 Å². The first-order chi connectivity index (χ1) is 9.72. The third-order valence-corrected chi connectivity index (χ3v) is 4.64. The molecule has 0 aliphatic rings. The van der Waals surface area contributed by atoms with E-state index in [0.717, 1.165) is 12.8 Å². The Kier molecular flexibility index (Phi) is 3.86. The second-order valence-electron chi connectivity index (χ2n) is 5.41. The van der Waals surface area contributed by atoms with Crippen LogP contribution in [-0.2, 0) is 12.8 Å². The minimum absolute atomic E-state index is 0.176. The monoisotopic (exact) mass is 281 g/mol. The zero-order valence-corrected chi connectivity index (χ0v) is 12.5. The van der Waals surface area contributed by atoms with Gasteiger partial charge in [-0.15, -0.1) is 11.3 Å². The van der Waals surface area contributed by atoms with E-state index in [1.54, 1.807) is 0 Å². The van der Waals surface area contributed by atoms with Crippen molar-refractivity contribution in [1.29, 1.82) is 0 Å². The molecule has 2 aromatic carbocycles. The Morgan fingerprint density at radius 1 is 1.05 bits per heavy atom. The predicted molar refractivity (Wildman–Crippen MR) is 88.4 cm³/mol. The molecule has 3 rings (SSSR count). The standard InChI is InChI=1S/C18H19NS/c1-13-5-4-6-14(9-13)10-16(19)11-15-12-20-18-8-3-2-7-17(15)18/h2-9,12,16H,10-11,19H2,1H3. The van der Waals surface area contributed by atoms with Crippen LogP contribution in [0, 0.1) is 6.92 Å². The van der Waals surface area contributed by atoms with E-state index in [0.29, 0.717) is 0 Å². The molecule has 0 saturated carbocycles. The van der Waals surface area contributed by atoms with Gasteiger partial charge in [0.1, 0.15) is 0 Å². The van der Waals surface area contributed by atoms with Crippen LogP contribution in [0.25, 0.3) is 10.1 Å². The summed E-state index contributed by atoms with van der Waals surface area (Å²) < 4.78 is 1.35. The maximum absolute atomic E-state index is 6.34. The number of aryl methyl sites for hydroxylation is 1. The van der Waals surface area contributed by atoms with Crippen LogP contribution < -0.4 is 5.73 Å². The lowest BCUT2D eigenvalue weighted by molar-refractivity contribution is 0.668. The molecule has 1 nitrogen and oxygen atoms in total. The van der Waals surface area contributed by atoms with E-state index < -0.39 is 0 Å². The second kappa shape index (κ2) is 5.78. The molecule has 1 aromatic heterocycles. The van der Waals surface area contributed by atoms with Crippen molar-refractivity contribution in [2.75, 3.05) is 0 Å². The molecule has 2 N–H and O–H groups in total. The lowest BCUT2D eigenvalue weighted by Crippen LogP contribution is -2.25. The average Bonchev–Trinajstić information content (AvgIpc) is 2.82. The van der Waals surface area contributed by atoms with Gasteiger partial charge in [0, 0.05) is 10.7 Å². The Labute approximate surface area is 124 Å².